The molecule has 2 aromatic carbocycles. The topological polar surface area (TPSA) is 75.9 Å². The Morgan fingerprint density at radius 3 is 2.70 bits per heavy atom. The van der Waals surface area contributed by atoms with Crippen LogP contribution in [0.2, 0.25) is 0 Å². The van der Waals surface area contributed by atoms with Gasteiger partial charge in [0, 0.05) is 36.5 Å². The lowest BCUT2D eigenvalue weighted by Crippen LogP contribution is -2.31. The summed E-state index contributed by atoms with van der Waals surface area (Å²) in [6, 6.07) is 18.1. The molecule has 0 bridgehead atoms. The zero-order valence-corrected chi connectivity index (χ0v) is 19.6. The summed E-state index contributed by atoms with van der Waals surface area (Å²) in [6.07, 6.45) is 0. The fourth-order valence-corrected chi connectivity index (χ4v) is 5.08. The molecule has 3 heterocycles. The smallest absolute Gasteiger partial charge is 0.279 e. The van der Waals surface area contributed by atoms with Gasteiger partial charge in [-0.15, -0.1) is 5.10 Å². The fraction of sp³-hybridized carbons (Fsp3) is 0.280. The Bertz CT molecular complexity index is 1310. The molecule has 5 rings (SSSR count). The second-order valence-corrected chi connectivity index (χ2v) is 9.51. The number of rotatable bonds is 5. The Hall–Kier alpha value is -3.23. The van der Waals surface area contributed by atoms with Crippen molar-refractivity contribution in [2.45, 2.75) is 20.4 Å². The molecule has 33 heavy (non-hydrogen) atoms. The van der Waals surface area contributed by atoms with Crippen molar-refractivity contribution >= 4 is 34.4 Å². The largest absolute Gasteiger partial charge is 0.305 e. The average Bonchev–Trinajstić information content (AvgIpc) is 3.21. The molecule has 0 aliphatic carbocycles. The zero-order chi connectivity index (χ0) is 22.8. The van der Waals surface area contributed by atoms with E-state index in [1.165, 1.54) is 17.1 Å². The first-order valence-corrected chi connectivity index (χ1v) is 12.2. The molecule has 1 aliphatic rings. The van der Waals surface area contributed by atoms with Gasteiger partial charge in [-0.3, -0.25) is 9.69 Å². The summed E-state index contributed by atoms with van der Waals surface area (Å²) in [5, 5.41) is 12.3. The van der Waals surface area contributed by atoms with Crippen molar-refractivity contribution in [3.05, 3.63) is 77.1 Å². The number of aryl methyl sites for hydroxylation is 1. The van der Waals surface area contributed by atoms with Gasteiger partial charge in [-0.25, -0.2) is 9.67 Å². The molecule has 0 unspecified atom stereocenters. The first-order valence-electron chi connectivity index (χ1n) is 11.1. The summed E-state index contributed by atoms with van der Waals surface area (Å²) in [5.74, 6) is 2.59. The van der Waals surface area contributed by atoms with Crippen LogP contribution in [0.15, 0.2) is 54.6 Å². The number of aromatic nitrogens is 4. The van der Waals surface area contributed by atoms with Crippen LogP contribution in [0.4, 0.5) is 5.82 Å². The Kier molecular flexibility index (Phi) is 6.11. The summed E-state index contributed by atoms with van der Waals surface area (Å²) in [7, 11) is 0. The van der Waals surface area contributed by atoms with Crippen molar-refractivity contribution in [2.24, 2.45) is 0 Å². The first kappa shape index (κ1) is 21.6. The Morgan fingerprint density at radius 1 is 1.06 bits per heavy atom. The van der Waals surface area contributed by atoms with Crippen LogP contribution in [-0.2, 0) is 6.54 Å². The van der Waals surface area contributed by atoms with Gasteiger partial charge in [0.1, 0.15) is 5.82 Å². The van der Waals surface area contributed by atoms with E-state index >= 15 is 0 Å². The number of hydrogen-bond acceptors (Lipinski definition) is 6. The second-order valence-electron chi connectivity index (χ2n) is 8.29. The summed E-state index contributed by atoms with van der Waals surface area (Å²) in [5.41, 5.74) is 5.08. The number of nitrogens with zero attached hydrogens (tertiary/aromatic N) is 5. The van der Waals surface area contributed by atoms with E-state index in [0.717, 1.165) is 41.8 Å². The van der Waals surface area contributed by atoms with Crippen LogP contribution < -0.4 is 5.32 Å². The van der Waals surface area contributed by atoms with E-state index in [1.807, 2.05) is 68.1 Å². The molecule has 4 aromatic rings. The quantitative estimate of drug-likeness (QED) is 0.482. The molecule has 0 radical (unpaired) electrons. The van der Waals surface area contributed by atoms with Crippen LogP contribution in [0.25, 0.3) is 16.6 Å². The number of fused-ring (bicyclic) bond motifs is 1. The van der Waals surface area contributed by atoms with Crippen LogP contribution in [0.3, 0.4) is 0 Å². The fourth-order valence-electron chi connectivity index (χ4n) is 4.10. The molecular formula is C25H26N6OS. The number of nitrogens with one attached hydrogen (secondary N) is 1. The summed E-state index contributed by atoms with van der Waals surface area (Å²) >= 11 is 2.02. The predicted molar refractivity (Wildman–Crippen MR) is 133 cm³/mol. The van der Waals surface area contributed by atoms with Gasteiger partial charge < -0.3 is 5.32 Å². The van der Waals surface area contributed by atoms with Crippen molar-refractivity contribution in [3.8, 4) is 5.69 Å². The first-order chi connectivity index (χ1) is 16.1. The van der Waals surface area contributed by atoms with Gasteiger partial charge in [0.05, 0.1) is 16.9 Å². The van der Waals surface area contributed by atoms with Crippen molar-refractivity contribution < 1.29 is 4.79 Å². The molecule has 7 nitrogen and oxygen atoms in total. The average molecular weight is 459 g/mol. The van der Waals surface area contributed by atoms with Crippen molar-refractivity contribution in [3.63, 3.8) is 0 Å². The number of hydrogen-bond donors (Lipinski definition) is 1. The van der Waals surface area contributed by atoms with Gasteiger partial charge in [0.2, 0.25) is 0 Å². The Morgan fingerprint density at radius 2 is 1.88 bits per heavy atom. The molecule has 1 aliphatic heterocycles. The lowest BCUT2D eigenvalue weighted by atomic mass is 10.1. The lowest BCUT2D eigenvalue weighted by molar-refractivity contribution is 0.102. The zero-order valence-electron chi connectivity index (χ0n) is 18.8. The molecular weight excluding hydrogens is 432 g/mol. The van der Waals surface area contributed by atoms with Gasteiger partial charge in [-0.05, 0) is 55.3 Å². The van der Waals surface area contributed by atoms with Gasteiger partial charge in [-0.2, -0.15) is 11.8 Å². The summed E-state index contributed by atoms with van der Waals surface area (Å²) < 4.78 is 1.70. The number of pyridine rings is 1. The molecule has 1 amide bonds. The van der Waals surface area contributed by atoms with Crippen LogP contribution >= 0.6 is 11.8 Å². The van der Waals surface area contributed by atoms with Gasteiger partial charge in [-0.1, -0.05) is 29.5 Å². The summed E-state index contributed by atoms with van der Waals surface area (Å²) in [4.78, 5) is 20.0. The third-order valence-electron chi connectivity index (χ3n) is 5.96. The molecule has 8 heteroatoms. The van der Waals surface area contributed by atoms with Gasteiger partial charge in [0.25, 0.3) is 5.91 Å². The van der Waals surface area contributed by atoms with Gasteiger partial charge in [0.15, 0.2) is 5.69 Å². The van der Waals surface area contributed by atoms with Crippen LogP contribution in [0.5, 0.6) is 0 Å². The molecule has 0 saturated carbocycles. The van der Waals surface area contributed by atoms with Crippen molar-refractivity contribution in [1.29, 1.82) is 0 Å². The maximum Gasteiger partial charge on any atom is 0.279 e. The monoisotopic (exact) mass is 458 g/mol. The number of carbonyl (C=O) groups is 1. The third-order valence-corrected chi connectivity index (χ3v) is 6.90. The van der Waals surface area contributed by atoms with Crippen LogP contribution in [0.1, 0.15) is 27.3 Å². The highest BCUT2D eigenvalue weighted by molar-refractivity contribution is 7.99. The second kappa shape index (κ2) is 9.33. The van der Waals surface area contributed by atoms with E-state index in [0.29, 0.717) is 11.5 Å². The highest BCUT2D eigenvalue weighted by Crippen LogP contribution is 2.21. The molecule has 1 N–H and O–H groups in total. The standard InChI is InChI=1S/C25H26N6OS/c1-17-5-3-4-6-22(17)31-18(2)24(28-29-31)25(32)27-23-10-8-20-15-19(7-9-21(20)26-23)16-30-11-13-33-14-12-30/h3-10,15H,11-14,16H2,1-2H3,(H,26,27,32). The van der Waals surface area contributed by atoms with Crippen molar-refractivity contribution in [1.82, 2.24) is 24.9 Å². The number of anilines is 1. The minimum Gasteiger partial charge on any atom is -0.305 e. The highest BCUT2D eigenvalue weighted by atomic mass is 32.2. The Balaban J connectivity index is 1.32. The highest BCUT2D eigenvalue weighted by Gasteiger charge is 2.19. The molecule has 168 valence electrons. The number of para-hydroxylation sites is 1. The number of amides is 1. The van der Waals surface area contributed by atoms with E-state index in [1.54, 1.807) is 4.68 Å². The van der Waals surface area contributed by atoms with E-state index in [9.17, 15) is 4.79 Å². The SMILES string of the molecule is Cc1ccccc1-n1nnc(C(=O)Nc2ccc3cc(CN4CCSCC4)ccc3n2)c1C. The normalized spacial score (nSPS) is 14.5. The number of benzene rings is 2. The number of carbonyl (C=O) groups excluding carboxylic acids is 1. The molecule has 2 aromatic heterocycles. The molecule has 1 saturated heterocycles. The van der Waals surface area contributed by atoms with Crippen LogP contribution in [-0.4, -0.2) is 55.4 Å². The molecule has 0 atom stereocenters. The lowest BCUT2D eigenvalue weighted by Gasteiger charge is -2.26. The minimum atomic E-state index is -0.321. The van der Waals surface area contributed by atoms with E-state index in [4.69, 9.17) is 0 Å². The minimum absolute atomic E-state index is 0.287. The summed E-state index contributed by atoms with van der Waals surface area (Å²) in [6.45, 7) is 7.09. The maximum atomic E-state index is 12.9. The molecule has 0 spiro atoms. The number of thioether (sulfide) groups is 1. The van der Waals surface area contributed by atoms with E-state index in [2.05, 4.69) is 37.6 Å². The maximum absolute atomic E-state index is 12.9. The van der Waals surface area contributed by atoms with E-state index < -0.39 is 0 Å². The van der Waals surface area contributed by atoms with E-state index in [-0.39, 0.29) is 11.6 Å². The van der Waals surface area contributed by atoms with Gasteiger partial charge >= 0.3 is 0 Å². The molecule has 1 fully saturated rings. The van der Waals surface area contributed by atoms with Crippen molar-refractivity contribution in [2.75, 3.05) is 29.9 Å². The Labute approximate surface area is 197 Å². The third kappa shape index (κ3) is 4.62. The van der Waals surface area contributed by atoms with Crippen LogP contribution in [0, 0.1) is 13.8 Å². The predicted octanol–water partition coefficient (Wildman–Crippen LogP) is 4.23.